The van der Waals surface area contributed by atoms with Crippen LogP contribution in [0.4, 0.5) is 0 Å². The topological polar surface area (TPSA) is 50.3 Å². The van der Waals surface area contributed by atoms with Crippen molar-refractivity contribution < 1.29 is 4.74 Å². The molecule has 3 rings (SSSR count). The third-order valence-electron chi connectivity index (χ3n) is 4.22. The van der Waals surface area contributed by atoms with E-state index >= 15 is 0 Å². The van der Waals surface area contributed by atoms with Crippen LogP contribution in [0.2, 0.25) is 0 Å². The first-order valence-corrected chi connectivity index (χ1v) is 7.70. The second kappa shape index (κ2) is 6.50. The molecule has 0 amide bonds. The summed E-state index contributed by atoms with van der Waals surface area (Å²) >= 11 is 0. The molecular formula is C15H24N4O. The van der Waals surface area contributed by atoms with Crippen molar-refractivity contribution in [1.82, 2.24) is 20.4 Å². The van der Waals surface area contributed by atoms with Crippen molar-refractivity contribution in [3.8, 4) is 5.88 Å². The van der Waals surface area contributed by atoms with Gasteiger partial charge >= 0.3 is 0 Å². The standard InChI is InChI=1S/C15H24N4O/c1-19-9-2-3-14(19)8-10-20-15-7-6-13(17-18-15)11-16-12-4-5-12/h6-7,12,14,16H,2-5,8-11H2,1H3. The van der Waals surface area contributed by atoms with Crippen molar-refractivity contribution in [3.63, 3.8) is 0 Å². The summed E-state index contributed by atoms with van der Waals surface area (Å²) in [5.74, 6) is 0.640. The van der Waals surface area contributed by atoms with Crippen LogP contribution in [0.1, 0.15) is 37.8 Å². The third-order valence-corrected chi connectivity index (χ3v) is 4.22. The number of aromatic nitrogens is 2. The van der Waals surface area contributed by atoms with E-state index in [1.165, 1.54) is 32.2 Å². The largest absolute Gasteiger partial charge is 0.477 e. The Morgan fingerprint density at radius 1 is 1.30 bits per heavy atom. The summed E-state index contributed by atoms with van der Waals surface area (Å²) in [6.45, 7) is 2.75. The SMILES string of the molecule is CN1CCCC1CCOc1ccc(CNC2CC2)nn1. The van der Waals surface area contributed by atoms with Crippen LogP contribution in [0, 0.1) is 0 Å². The molecule has 1 aromatic rings. The zero-order valence-electron chi connectivity index (χ0n) is 12.2. The van der Waals surface area contributed by atoms with Gasteiger partial charge in [0.15, 0.2) is 0 Å². The average Bonchev–Trinajstić information content (AvgIpc) is 3.21. The van der Waals surface area contributed by atoms with Crippen molar-refractivity contribution in [2.45, 2.75) is 50.7 Å². The number of nitrogens with one attached hydrogen (secondary N) is 1. The quantitative estimate of drug-likeness (QED) is 0.819. The third kappa shape index (κ3) is 3.90. The van der Waals surface area contributed by atoms with Gasteiger partial charge in [0.05, 0.1) is 12.3 Å². The predicted molar refractivity (Wildman–Crippen MR) is 77.7 cm³/mol. The second-order valence-electron chi connectivity index (χ2n) is 5.93. The molecule has 5 heteroatoms. The average molecular weight is 276 g/mol. The minimum absolute atomic E-state index is 0.640. The molecule has 1 saturated heterocycles. The fourth-order valence-corrected chi connectivity index (χ4v) is 2.70. The van der Waals surface area contributed by atoms with Crippen LogP contribution in [0.5, 0.6) is 5.88 Å². The number of hydrogen-bond donors (Lipinski definition) is 1. The van der Waals surface area contributed by atoms with E-state index in [4.69, 9.17) is 4.74 Å². The molecular weight excluding hydrogens is 252 g/mol. The fourth-order valence-electron chi connectivity index (χ4n) is 2.70. The molecule has 2 heterocycles. The van der Waals surface area contributed by atoms with Crippen molar-refractivity contribution in [1.29, 1.82) is 0 Å². The molecule has 1 saturated carbocycles. The van der Waals surface area contributed by atoms with Gasteiger partial charge in [-0.05, 0) is 51.8 Å². The van der Waals surface area contributed by atoms with E-state index in [9.17, 15) is 0 Å². The van der Waals surface area contributed by atoms with Crippen LogP contribution in [0.3, 0.4) is 0 Å². The predicted octanol–water partition coefficient (Wildman–Crippen LogP) is 1.59. The summed E-state index contributed by atoms with van der Waals surface area (Å²) in [6.07, 6.45) is 6.26. The van der Waals surface area contributed by atoms with Gasteiger partial charge in [0, 0.05) is 24.7 Å². The van der Waals surface area contributed by atoms with E-state index in [0.717, 1.165) is 25.3 Å². The summed E-state index contributed by atoms with van der Waals surface area (Å²) in [4.78, 5) is 2.42. The maximum absolute atomic E-state index is 5.69. The highest BCUT2D eigenvalue weighted by Gasteiger charge is 2.21. The zero-order valence-corrected chi connectivity index (χ0v) is 12.2. The molecule has 110 valence electrons. The molecule has 1 aliphatic carbocycles. The van der Waals surface area contributed by atoms with Crippen molar-refractivity contribution in [2.75, 3.05) is 20.2 Å². The van der Waals surface area contributed by atoms with Gasteiger partial charge in [0.2, 0.25) is 5.88 Å². The van der Waals surface area contributed by atoms with Crippen LogP contribution < -0.4 is 10.1 Å². The summed E-state index contributed by atoms with van der Waals surface area (Å²) in [6, 6.07) is 5.30. The first kappa shape index (κ1) is 13.8. The van der Waals surface area contributed by atoms with E-state index < -0.39 is 0 Å². The Hall–Kier alpha value is -1.20. The fraction of sp³-hybridized carbons (Fsp3) is 0.733. The van der Waals surface area contributed by atoms with Gasteiger partial charge in [-0.3, -0.25) is 0 Å². The smallest absolute Gasteiger partial charge is 0.233 e. The number of rotatable bonds is 7. The highest BCUT2D eigenvalue weighted by atomic mass is 16.5. The van der Waals surface area contributed by atoms with E-state index in [1.54, 1.807) is 0 Å². The van der Waals surface area contributed by atoms with Gasteiger partial charge in [-0.1, -0.05) is 0 Å². The lowest BCUT2D eigenvalue weighted by atomic mass is 10.1. The Morgan fingerprint density at radius 2 is 2.20 bits per heavy atom. The molecule has 1 N–H and O–H groups in total. The van der Waals surface area contributed by atoms with Crippen LogP contribution >= 0.6 is 0 Å². The Bertz CT molecular complexity index is 418. The molecule has 0 aromatic carbocycles. The van der Waals surface area contributed by atoms with E-state index in [-0.39, 0.29) is 0 Å². The number of ether oxygens (including phenoxy) is 1. The number of hydrogen-bond acceptors (Lipinski definition) is 5. The normalized spacial score (nSPS) is 23.1. The minimum Gasteiger partial charge on any atom is -0.477 e. The van der Waals surface area contributed by atoms with Gasteiger partial charge in [0.1, 0.15) is 0 Å². The van der Waals surface area contributed by atoms with E-state index in [2.05, 4.69) is 27.5 Å². The van der Waals surface area contributed by atoms with Gasteiger partial charge in [-0.15, -0.1) is 5.10 Å². The Kier molecular flexibility index (Phi) is 4.47. The summed E-state index contributed by atoms with van der Waals surface area (Å²) in [5.41, 5.74) is 0.986. The maximum atomic E-state index is 5.69. The molecule has 1 unspecified atom stereocenters. The summed E-state index contributed by atoms with van der Waals surface area (Å²) < 4.78 is 5.69. The van der Waals surface area contributed by atoms with Gasteiger partial charge in [0.25, 0.3) is 0 Å². The van der Waals surface area contributed by atoms with Gasteiger partial charge < -0.3 is 15.0 Å². The lowest BCUT2D eigenvalue weighted by Crippen LogP contribution is -2.26. The number of likely N-dealkylation sites (tertiary alicyclic amines) is 1. The monoisotopic (exact) mass is 276 g/mol. The maximum Gasteiger partial charge on any atom is 0.233 e. The molecule has 1 aliphatic heterocycles. The Morgan fingerprint density at radius 3 is 2.85 bits per heavy atom. The lowest BCUT2D eigenvalue weighted by Gasteiger charge is -2.18. The lowest BCUT2D eigenvalue weighted by molar-refractivity contribution is 0.227. The highest BCUT2D eigenvalue weighted by molar-refractivity contribution is 5.11. The number of nitrogens with zero attached hydrogens (tertiary/aromatic N) is 3. The molecule has 2 fully saturated rings. The van der Waals surface area contributed by atoms with Crippen LogP contribution in [-0.2, 0) is 6.54 Å². The highest BCUT2D eigenvalue weighted by Crippen LogP contribution is 2.19. The molecule has 0 bridgehead atoms. The molecule has 5 nitrogen and oxygen atoms in total. The van der Waals surface area contributed by atoms with Gasteiger partial charge in [-0.25, -0.2) is 0 Å². The Balaban J connectivity index is 1.38. The minimum atomic E-state index is 0.640. The molecule has 1 aromatic heterocycles. The van der Waals surface area contributed by atoms with E-state index in [0.29, 0.717) is 18.0 Å². The summed E-state index contributed by atoms with van der Waals surface area (Å²) in [7, 11) is 2.19. The first-order chi connectivity index (χ1) is 9.81. The second-order valence-corrected chi connectivity index (χ2v) is 5.93. The summed E-state index contributed by atoms with van der Waals surface area (Å²) in [5, 5.41) is 11.8. The van der Waals surface area contributed by atoms with E-state index in [1.807, 2.05) is 12.1 Å². The van der Waals surface area contributed by atoms with Crippen molar-refractivity contribution in [2.24, 2.45) is 0 Å². The molecule has 0 spiro atoms. The zero-order chi connectivity index (χ0) is 13.8. The van der Waals surface area contributed by atoms with Crippen LogP contribution in [-0.4, -0.2) is 47.4 Å². The van der Waals surface area contributed by atoms with Gasteiger partial charge in [-0.2, -0.15) is 5.10 Å². The molecule has 2 aliphatic rings. The van der Waals surface area contributed by atoms with Crippen molar-refractivity contribution in [3.05, 3.63) is 17.8 Å². The van der Waals surface area contributed by atoms with Crippen molar-refractivity contribution >= 4 is 0 Å². The molecule has 1 atom stereocenters. The van der Waals surface area contributed by atoms with Crippen LogP contribution in [0.15, 0.2) is 12.1 Å². The van der Waals surface area contributed by atoms with Crippen LogP contribution in [0.25, 0.3) is 0 Å². The Labute approximate surface area is 120 Å². The molecule has 0 radical (unpaired) electrons. The first-order valence-electron chi connectivity index (χ1n) is 7.70. The molecule has 20 heavy (non-hydrogen) atoms.